The van der Waals surface area contributed by atoms with E-state index < -0.39 is 0 Å². The highest BCUT2D eigenvalue weighted by atomic mass is 16.5. The van der Waals surface area contributed by atoms with Gasteiger partial charge in [0.1, 0.15) is 0 Å². The fraction of sp³-hybridized carbons (Fsp3) is 0.846. The van der Waals surface area contributed by atoms with E-state index in [0.29, 0.717) is 13.0 Å². The van der Waals surface area contributed by atoms with E-state index in [1.54, 1.807) is 18.9 Å². The Morgan fingerprint density at radius 1 is 1.44 bits per heavy atom. The fourth-order valence-electron chi connectivity index (χ4n) is 2.11. The molecule has 0 aromatic rings. The van der Waals surface area contributed by atoms with Crippen LogP contribution in [-0.4, -0.2) is 50.2 Å². The first kappa shape index (κ1) is 15.0. The Hall–Kier alpha value is -1.10. The zero-order valence-electron chi connectivity index (χ0n) is 11.5. The Bertz CT molecular complexity index is 287. The lowest BCUT2D eigenvalue weighted by molar-refractivity contribution is -0.146. The molecule has 5 nitrogen and oxygen atoms in total. The van der Waals surface area contributed by atoms with E-state index in [2.05, 4.69) is 4.74 Å². The highest BCUT2D eigenvalue weighted by Crippen LogP contribution is 2.16. The van der Waals surface area contributed by atoms with Gasteiger partial charge in [-0.1, -0.05) is 6.92 Å². The highest BCUT2D eigenvalue weighted by Gasteiger charge is 2.22. The zero-order chi connectivity index (χ0) is 13.5. The second-order valence-electron chi connectivity index (χ2n) is 4.89. The van der Waals surface area contributed by atoms with Crippen molar-refractivity contribution in [2.75, 3.05) is 27.3 Å². The quantitative estimate of drug-likeness (QED) is 0.695. The van der Waals surface area contributed by atoms with E-state index in [0.717, 1.165) is 25.9 Å². The molecule has 1 amide bonds. The third-order valence-electron chi connectivity index (χ3n) is 3.25. The van der Waals surface area contributed by atoms with Crippen LogP contribution in [0.15, 0.2) is 0 Å². The molecule has 0 aromatic carbocycles. The summed E-state index contributed by atoms with van der Waals surface area (Å²) in [5.41, 5.74) is 0. The molecule has 1 fully saturated rings. The number of ether oxygens (including phenoxy) is 2. The topological polar surface area (TPSA) is 55.8 Å². The van der Waals surface area contributed by atoms with Gasteiger partial charge in [0.05, 0.1) is 25.6 Å². The van der Waals surface area contributed by atoms with Gasteiger partial charge in [-0.25, -0.2) is 0 Å². The van der Waals surface area contributed by atoms with E-state index in [4.69, 9.17) is 4.74 Å². The number of rotatable bonds is 5. The van der Waals surface area contributed by atoms with Crippen LogP contribution in [0.2, 0.25) is 0 Å². The molecule has 1 aliphatic rings. The molecule has 0 radical (unpaired) electrons. The largest absolute Gasteiger partial charge is 0.469 e. The summed E-state index contributed by atoms with van der Waals surface area (Å²) in [4.78, 5) is 24.8. The summed E-state index contributed by atoms with van der Waals surface area (Å²) in [6.45, 7) is 2.89. The molecule has 0 spiro atoms. The molecule has 0 saturated carbocycles. The molecular formula is C13H23NO4. The van der Waals surface area contributed by atoms with E-state index in [1.807, 2.05) is 0 Å². The standard InChI is InChI=1S/C13H23NO4/c1-10(13(16)17-3)9-14(2)12(15)8-11-6-4-5-7-18-11/h10-11H,4-9H2,1-3H3. The first-order chi connectivity index (χ1) is 8.54. The lowest BCUT2D eigenvalue weighted by Crippen LogP contribution is -2.36. The van der Waals surface area contributed by atoms with Crippen molar-refractivity contribution in [3.05, 3.63) is 0 Å². The Kier molecular flexibility index (Phi) is 6.12. The normalized spacial score (nSPS) is 21.2. The fourth-order valence-corrected chi connectivity index (χ4v) is 2.11. The van der Waals surface area contributed by atoms with Crippen molar-refractivity contribution in [3.8, 4) is 0 Å². The summed E-state index contributed by atoms with van der Waals surface area (Å²) in [5.74, 6) is -0.558. The number of carbonyl (C=O) groups excluding carboxylic acids is 2. The Morgan fingerprint density at radius 2 is 2.17 bits per heavy atom. The summed E-state index contributed by atoms with van der Waals surface area (Å²) in [6, 6.07) is 0. The van der Waals surface area contributed by atoms with Gasteiger partial charge in [-0.05, 0) is 19.3 Å². The second kappa shape index (κ2) is 7.36. The van der Waals surface area contributed by atoms with Crippen molar-refractivity contribution < 1.29 is 19.1 Å². The van der Waals surface area contributed by atoms with Crippen LogP contribution >= 0.6 is 0 Å². The minimum absolute atomic E-state index is 0.0256. The summed E-state index contributed by atoms with van der Waals surface area (Å²) in [5, 5.41) is 0. The van der Waals surface area contributed by atoms with Crippen molar-refractivity contribution in [3.63, 3.8) is 0 Å². The number of esters is 1. The van der Waals surface area contributed by atoms with Crippen molar-refractivity contribution in [2.24, 2.45) is 5.92 Å². The van der Waals surface area contributed by atoms with Gasteiger partial charge < -0.3 is 14.4 Å². The van der Waals surface area contributed by atoms with Gasteiger partial charge >= 0.3 is 5.97 Å². The van der Waals surface area contributed by atoms with E-state index in [-0.39, 0.29) is 23.9 Å². The Morgan fingerprint density at radius 3 is 2.72 bits per heavy atom. The maximum atomic E-state index is 12.0. The molecule has 0 N–H and O–H groups in total. The number of hydrogen-bond donors (Lipinski definition) is 0. The van der Waals surface area contributed by atoms with Crippen LogP contribution in [0.3, 0.4) is 0 Å². The average molecular weight is 257 g/mol. The third-order valence-corrected chi connectivity index (χ3v) is 3.25. The minimum atomic E-state index is -0.295. The Labute approximate surface area is 108 Å². The van der Waals surface area contributed by atoms with E-state index in [9.17, 15) is 9.59 Å². The van der Waals surface area contributed by atoms with Gasteiger partial charge in [-0.3, -0.25) is 9.59 Å². The summed E-state index contributed by atoms with van der Waals surface area (Å²) in [6.07, 6.45) is 3.61. The lowest BCUT2D eigenvalue weighted by Gasteiger charge is -2.25. The molecule has 0 aromatic heterocycles. The van der Waals surface area contributed by atoms with E-state index >= 15 is 0 Å². The maximum absolute atomic E-state index is 12.0. The average Bonchev–Trinajstić information content (AvgIpc) is 2.38. The molecular weight excluding hydrogens is 234 g/mol. The summed E-state index contributed by atoms with van der Waals surface area (Å²) >= 11 is 0. The molecule has 1 heterocycles. The number of methoxy groups -OCH3 is 1. The molecule has 104 valence electrons. The van der Waals surface area contributed by atoms with Crippen LogP contribution in [-0.2, 0) is 19.1 Å². The van der Waals surface area contributed by atoms with Crippen LogP contribution in [0.1, 0.15) is 32.6 Å². The molecule has 0 bridgehead atoms. The number of carbonyl (C=O) groups is 2. The lowest BCUT2D eigenvalue weighted by atomic mass is 10.1. The molecule has 1 rings (SSSR count). The molecule has 0 aliphatic carbocycles. The number of amides is 1. The molecule has 2 atom stereocenters. The van der Waals surface area contributed by atoms with Crippen molar-refractivity contribution in [1.82, 2.24) is 4.90 Å². The predicted octanol–water partition coefficient (Wildman–Crippen LogP) is 1.21. The second-order valence-corrected chi connectivity index (χ2v) is 4.89. The smallest absolute Gasteiger partial charge is 0.310 e. The van der Waals surface area contributed by atoms with Crippen molar-refractivity contribution in [2.45, 2.75) is 38.7 Å². The van der Waals surface area contributed by atoms with Crippen molar-refractivity contribution >= 4 is 11.9 Å². The van der Waals surface area contributed by atoms with Crippen LogP contribution in [0.4, 0.5) is 0 Å². The molecule has 18 heavy (non-hydrogen) atoms. The molecule has 1 saturated heterocycles. The monoisotopic (exact) mass is 257 g/mol. The van der Waals surface area contributed by atoms with Crippen LogP contribution in [0, 0.1) is 5.92 Å². The van der Waals surface area contributed by atoms with Gasteiger partial charge in [0.25, 0.3) is 0 Å². The molecule has 1 aliphatic heterocycles. The van der Waals surface area contributed by atoms with Gasteiger partial charge in [0.15, 0.2) is 0 Å². The third kappa shape index (κ3) is 4.64. The SMILES string of the molecule is COC(=O)C(C)CN(C)C(=O)CC1CCCCO1. The minimum Gasteiger partial charge on any atom is -0.469 e. The Balaban J connectivity index is 2.33. The molecule has 2 unspecified atom stereocenters. The van der Waals surface area contributed by atoms with Gasteiger partial charge in [0.2, 0.25) is 5.91 Å². The van der Waals surface area contributed by atoms with Gasteiger partial charge in [0, 0.05) is 20.2 Å². The summed E-state index contributed by atoms with van der Waals surface area (Å²) in [7, 11) is 3.07. The number of hydrogen-bond acceptors (Lipinski definition) is 4. The zero-order valence-corrected chi connectivity index (χ0v) is 11.5. The maximum Gasteiger partial charge on any atom is 0.310 e. The number of nitrogens with zero attached hydrogens (tertiary/aromatic N) is 1. The van der Waals surface area contributed by atoms with Crippen LogP contribution in [0.5, 0.6) is 0 Å². The molecule has 5 heteroatoms. The predicted molar refractivity (Wildman–Crippen MR) is 67.0 cm³/mol. The van der Waals surface area contributed by atoms with Gasteiger partial charge in [-0.2, -0.15) is 0 Å². The summed E-state index contributed by atoms with van der Waals surface area (Å²) < 4.78 is 10.2. The van der Waals surface area contributed by atoms with Crippen LogP contribution < -0.4 is 0 Å². The van der Waals surface area contributed by atoms with Crippen molar-refractivity contribution in [1.29, 1.82) is 0 Å². The van der Waals surface area contributed by atoms with Crippen LogP contribution in [0.25, 0.3) is 0 Å². The van der Waals surface area contributed by atoms with E-state index in [1.165, 1.54) is 7.11 Å². The highest BCUT2D eigenvalue weighted by molar-refractivity contribution is 5.78. The first-order valence-corrected chi connectivity index (χ1v) is 6.48. The first-order valence-electron chi connectivity index (χ1n) is 6.48. The van der Waals surface area contributed by atoms with Gasteiger partial charge in [-0.15, -0.1) is 0 Å².